The van der Waals surface area contributed by atoms with Crippen LogP contribution in [0.1, 0.15) is 41.5 Å². The Labute approximate surface area is 243 Å². The number of esters is 6. The van der Waals surface area contributed by atoms with Crippen molar-refractivity contribution in [2.75, 3.05) is 13.2 Å². The quantitative estimate of drug-likeness (QED) is 0.177. The van der Waals surface area contributed by atoms with Gasteiger partial charge < -0.3 is 47.7 Å². The number of aliphatic hydroxyl groups excluding tert-OH is 1. The highest BCUT2D eigenvalue weighted by Crippen LogP contribution is 2.35. The minimum absolute atomic E-state index is 0.472. The third-order valence-electron chi connectivity index (χ3n) is 5.58. The molecule has 17 heteroatoms. The third kappa shape index (κ3) is 10.2. The molecule has 2 aliphatic rings. The zero-order chi connectivity index (χ0) is 31.0. The molecule has 232 valence electrons. The summed E-state index contributed by atoms with van der Waals surface area (Å²) in [5.74, 6) is -4.73. The number of carbonyl (C=O) groups is 6. The van der Waals surface area contributed by atoms with Gasteiger partial charge in [-0.3, -0.25) is 28.8 Å². The van der Waals surface area contributed by atoms with E-state index >= 15 is 0 Å². The first-order chi connectivity index (χ1) is 19.1. The molecule has 0 aromatic rings. The molecule has 1 unspecified atom stereocenters. The minimum atomic E-state index is -1.67. The molecule has 1 N–H and O–H groups in total. The fraction of sp³-hybridized carbons (Fsp3) is 0.750. The third-order valence-corrected chi connectivity index (χ3v) is 6.56. The highest BCUT2D eigenvalue weighted by atomic mass is 79.9. The summed E-state index contributed by atoms with van der Waals surface area (Å²) < 4.78 is 49.1. The molecule has 2 fully saturated rings. The normalized spacial score (nSPS) is 33.1. The first-order valence-corrected chi connectivity index (χ1v) is 13.3. The van der Waals surface area contributed by atoms with Gasteiger partial charge >= 0.3 is 35.8 Å². The van der Waals surface area contributed by atoms with Gasteiger partial charge in [0.25, 0.3) is 0 Å². The number of halogens is 1. The van der Waals surface area contributed by atoms with Crippen LogP contribution in [0.4, 0.5) is 0 Å². The number of carbonyl (C=O) groups excluding carboxylic acids is 6. The van der Waals surface area contributed by atoms with E-state index in [4.69, 9.17) is 42.6 Å². The lowest BCUT2D eigenvalue weighted by Gasteiger charge is -2.47. The maximum Gasteiger partial charge on any atom is 0.303 e. The van der Waals surface area contributed by atoms with Gasteiger partial charge in [-0.1, -0.05) is 15.9 Å². The second kappa shape index (κ2) is 15.4. The Morgan fingerprint density at radius 3 is 1.46 bits per heavy atom. The van der Waals surface area contributed by atoms with Crippen LogP contribution in [0, 0.1) is 0 Å². The Morgan fingerprint density at radius 2 is 1.00 bits per heavy atom. The molecule has 0 bridgehead atoms. The van der Waals surface area contributed by atoms with Crippen molar-refractivity contribution in [3.05, 3.63) is 0 Å². The number of rotatable bonds is 10. The zero-order valence-electron chi connectivity index (χ0n) is 23.1. The van der Waals surface area contributed by atoms with Gasteiger partial charge in [0.15, 0.2) is 30.9 Å². The average Bonchev–Trinajstić information content (AvgIpc) is 2.83. The molecule has 0 aromatic heterocycles. The van der Waals surface area contributed by atoms with Crippen molar-refractivity contribution in [1.29, 1.82) is 0 Å². The average molecular weight is 657 g/mol. The molecule has 0 amide bonds. The first kappa shape index (κ1) is 34.3. The van der Waals surface area contributed by atoms with Crippen LogP contribution in [0.3, 0.4) is 0 Å². The lowest BCUT2D eigenvalue weighted by atomic mass is 9.97. The van der Waals surface area contributed by atoms with Crippen LogP contribution in [0.15, 0.2) is 0 Å². The molecule has 41 heavy (non-hydrogen) atoms. The van der Waals surface area contributed by atoms with Crippen molar-refractivity contribution in [1.82, 2.24) is 0 Å². The number of aliphatic hydroxyl groups is 1. The molecule has 10 atom stereocenters. The van der Waals surface area contributed by atoms with Crippen LogP contribution in [-0.4, -0.2) is 114 Å². The molecule has 2 saturated heterocycles. The summed E-state index contributed by atoms with van der Waals surface area (Å²) in [6.07, 6.45) is -13.0. The predicted molar refractivity (Wildman–Crippen MR) is 133 cm³/mol. The summed E-state index contributed by atoms with van der Waals surface area (Å²) in [4.78, 5) is 70.1. The van der Waals surface area contributed by atoms with E-state index in [9.17, 15) is 33.9 Å². The highest BCUT2D eigenvalue weighted by molar-refractivity contribution is 9.09. The topological polar surface area (TPSA) is 206 Å². The summed E-state index contributed by atoms with van der Waals surface area (Å²) in [5.41, 5.74) is 0. The summed E-state index contributed by atoms with van der Waals surface area (Å²) >= 11 is 3.20. The fourth-order valence-corrected chi connectivity index (χ4v) is 4.70. The fourth-order valence-electron chi connectivity index (χ4n) is 4.16. The van der Waals surface area contributed by atoms with E-state index in [0.29, 0.717) is 0 Å². The van der Waals surface area contributed by atoms with Crippen LogP contribution < -0.4 is 0 Å². The van der Waals surface area contributed by atoms with Gasteiger partial charge in [-0.2, -0.15) is 0 Å². The van der Waals surface area contributed by atoms with Crippen molar-refractivity contribution in [3.8, 4) is 0 Å². The van der Waals surface area contributed by atoms with Crippen molar-refractivity contribution in [3.63, 3.8) is 0 Å². The maximum atomic E-state index is 12.1. The van der Waals surface area contributed by atoms with E-state index in [1.54, 1.807) is 0 Å². The van der Waals surface area contributed by atoms with E-state index in [2.05, 4.69) is 15.9 Å². The molecule has 0 radical (unpaired) electrons. The minimum Gasteiger partial charge on any atom is -0.463 e. The van der Waals surface area contributed by atoms with Gasteiger partial charge in [-0.25, -0.2) is 0 Å². The monoisotopic (exact) mass is 656 g/mol. The summed E-state index contributed by atoms with van der Waals surface area (Å²) in [6.45, 7) is 5.55. The van der Waals surface area contributed by atoms with Gasteiger partial charge in [-0.05, 0) is 0 Å². The number of hydrogen-bond donors (Lipinski definition) is 1. The van der Waals surface area contributed by atoms with Crippen LogP contribution >= 0.6 is 15.9 Å². The second-order valence-electron chi connectivity index (χ2n) is 9.05. The summed E-state index contributed by atoms with van der Waals surface area (Å²) in [7, 11) is 0. The van der Waals surface area contributed by atoms with Crippen LogP contribution in [0.2, 0.25) is 0 Å². The first-order valence-electron chi connectivity index (χ1n) is 12.3. The summed E-state index contributed by atoms with van der Waals surface area (Å²) in [6, 6.07) is 0. The van der Waals surface area contributed by atoms with Crippen molar-refractivity contribution >= 4 is 51.7 Å². The molecule has 2 heterocycles. The molecule has 2 rings (SSSR count). The molecule has 0 saturated carbocycles. The zero-order valence-corrected chi connectivity index (χ0v) is 24.7. The number of ether oxygens (including phenoxy) is 9. The lowest BCUT2D eigenvalue weighted by Crippen LogP contribution is -2.66. The van der Waals surface area contributed by atoms with Crippen LogP contribution in [0.25, 0.3) is 0 Å². The van der Waals surface area contributed by atoms with Gasteiger partial charge in [0.05, 0.1) is 0 Å². The van der Waals surface area contributed by atoms with E-state index in [1.807, 2.05) is 0 Å². The molecular formula is C24H33BrO16. The predicted octanol–water partition coefficient (Wildman–Crippen LogP) is -0.570. The van der Waals surface area contributed by atoms with E-state index in [-0.39, 0.29) is 0 Å². The largest absolute Gasteiger partial charge is 0.463 e. The number of alkyl halides is 1. The SMILES string of the molecule is CC(=O)OC[C@H]1O[C@@H](O[C@H]2[C@H](OC(C)=O)[C@@H](Br)C(O)O[C@@H]2COC(C)=O)[C@H](OC(C)=O)[C@@H](OC(C)=O)[C@H]1OC(C)=O. The Balaban J connectivity index is 2.58. The van der Waals surface area contributed by atoms with E-state index in [1.165, 1.54) is 0 Å². The van der Waals surface area contributed by atoms with Crippen LogP contribution in [0.5, 0.6) is 0 Å². The molecular weight excluding hydrogens is 624 g/mol. The Morgan fingerprint density at radius 1 is 0.585 bits per heavy atom. The maximum absolute atomic E-state index is 12.1. The smallest absolute Gasteiger partial charge is 0.303 e. The molecule has 0 spiro atoms. The van der Waals surface area contributed by atoms with E-state index < -0.39 is 109 Å². The van der Waals surface area contributed by atoms with E-state index in [0.717, 1.165) is 41.5 Å². The Bertz CT molecular complexity index is 987. The van der Waals surface area contributed by atoms with Gasteiger partial charge in [0.2, 0.25) is 0 Å². The Kier molecular flexibility index (Phi) is 12.9. The summed E-state index contributed by atoms with van der Waals surface area (Å²) in [5, 5.41) is 10.4. The van der Waals surface area contributed by atoms with Crippen molar-refractivity contribution in [2.24, 2.45) is 0 Å². The van der Waals surface area contributed by atoms with Crippen LogP contribution in [-0.2, 0) is 71.4 Å². The molecule has 16 nitrogen and oxygen atoms in total. The van der Waals surface area contributed by atoms with Gasteiger partial charge in [0.1, 0.15) is 42.5 Å². The second-order valence-corrected chi connectivity index (χ2v) is 10.1. The molecule has 2 aliphatic heterocycles. The van der Waals surface area contributed by atoms with Crippen molar-refractivity contribution in [2.45, 2.75) is 102 Å². The lowest BCUT2D eigenvalue weighted by molar-refractivity contribution is -0.343. The molecule has 0 aromatic carbocycles. The number of hydrogen-bond acceptors (Lipinski definition) is 16. The van der Waals surface area contributed by atoms with Gasteiger partial charge in [0, 0.05) is 41.5 Å². The Hall–Kier alpha value is -2.86. The van der Waals surface area contributed by atoms with Gasteiger partial charge in [-0.15, -0.1) is 0 Å². The highest BCUT2D eigenvalue weighted by Gasteiger charge is 2.56. The van der Waals surface area contributed by atoms with Crippen molar-refractivity contribution < 1.29 is 76.5 Å². The standard InChI is InChI=1S/C24H33BrO16/c1-9(26)33-7-15-18(20(36-12(4)29)17(25)23(32)39-15)41-24-22(38-14(6)31)21(37-13(5)30)19(35-11(3)28)16(40-24)8-34-10(2)27/h15-24,32H,7-8H2,1-6H3/t15-,16-,17-,18-,19+,20-,21+,22-,23?,24+/m1/s1. The molecule has 0 aliphatic carbocycles.